The Morgan fingerprint density at radius 1 is 1.17 bits per heavy atom. The van der Waals surface area contributed by atoms with E-state index in [4.69, 9.17) is 9.47 Å². The monoisotopic (exact) mass is 431 g/mol. The van der Waals surface area contributed by atoms with Crippen LogP contribution >= 0.6 is 11.3 Å². The fourth-order valence-electron chi connectivity index (χ4n) is 3.60. The fourth-order valence-corrected chi connectivity index (χ4v) is 4.57. The van der Waals surface area contributed by atoms with E-state index in [1.807, 2.05) is 42.6 Å². The number of thiophene rings is 1. The number of rotatable bonds is 8. The Morgan fingerprint density at radius 3 is 2.53 bits per heavy atom. The van der Waals surface area contributed by atoms with E-state index < -0.39 is 11.8 Å². The van der Waals surface area contributed by atoms with Gasteiger partial charge in [-0.25, -0.2) is 0 Å². The van der Waals surface area contributed by atoms with Crippen LogP contribution in [0.1, 0.15) is 23.4 Å². The van der Waals surface area contributed by atoms with Crippen molar-refractivity contribution in [2.45, 2.75) is 25.4 Å². The zero-order chi connectivity index (χ0) is 21.3. The minimum absolute atomic E-state index is 0.0185. The predicted molar refractivity (Wildman–Crippen MR) is 117 cm³/mol. The van der Waals surface area contributed by atoms with Crippen molar-refractivity contribution in [3.63, 3.8) is 0 Å². The topological polar surface area (TPSA) is 79.9 Å². The summed E-state index contributed by atoms with van der Waals surface area (Å²) in [7, 11) is 1.62. The van der Waals surface area contributed by atoms with E-state index in [-0.39, 0.29) is 12.1 Å². The zero-order valence-electron chi connectivity index (χ0n) is 17.4. The Labute approximate surface area is 181 Å². The van der Waals surface area contributed by atoms with Gasteiger partial charge in [0.2, 0.25) is 0 Å². The van der Waals surface area contributed by atoms with Gasteiger partial charge in [0, 0.05) is 30.6 Å². The normalized spacial score (nSPS) is 16.5. The maximum Gasteiger partial charge on any atom is 0.309 e. The fraction of sp³-hybridized carbons (Fsp3) is 0.455. The molecule has 1 aliphatic rings. The number of nitrogens with zero attached hydrogens (tertiary/aromatic N) is 1. The molecule has 0 radical (unpaired) electrons. The van der Waals surface area contributed by atoms with Gasteiger partial charge in [-0.05, 0) is 42.5 Å². The van der Waals surface area contributed by atoms with E-state index in [0.29, 0.717) is 26.2 Å². The second kappa shape index (κ2) is 11.1. The van der Waals surface area contributed by atoms with Gasteiger partial charge < -0.3 is 20.1 Å². The van der Waals surface area contributed by atoms with Crippen molar-refractivity contribution in [1.82, 2.24) is 15.5 Å². The molecule has 0 saturated carbocycles. The lowest BCUT2D eigenvalue weighted by atomic mass is 10.1. The summed E-state index contributed by atoms with van der Waals surface area (Å²) in [5.41, 5.74) is 1.06. The van der Waals surface area contributed by atoms with Gasteiger partial charge in [-0.3, -0.25) is 14.5 Å². The first-order chi connectivity index (χ1) is 14.6. The average molecular weight is 432 g/mol. The molecule has 1 aliphatic heterocycles. The molecule has 162 valence electrons. The maximum absolute atomic E-state index is 12.5. The van der Waals surface area contributed by atoms with Crippen LogP contribution in [0.4, 0.5) is 0 Å². The highest BCUT2D eigenvalue weighted by atomic mass is 32.1. The summed E-state index contributed by atoms with van der Waals surface area (Å²) in [5, 5.41) is 7.62. The second-order valence-corrected chi connectivity index (χ2v) is 8.20. The maximum atomic E-state index is 12.5. The molecule has 0 bridgehead atoms. The molecular formula is C22H29N3O4S. The SMILES string of the molecule is COc1ccc(CCNC(=O)C(=O)N[C@H](C)[C@H](c2cccs2)N2CCOCC2)cc1. The molecule has 2 aromatic rings. The number of nitrogens with one attached hydrogen (secondary N) is 2. The number of amides is 2. The standard InChI is InChI=1S/C22H29N3O4S/c1-16(20(19-4-3-15-30-19)25-11-13-29-14-12-25)24-22(27)21(26)23-10-9-17-5-7-18(28-2)8-6-17/h3-8,15-16,20H,9-14H2,1-2H3,(H,23,26)(H,24,27)/t16-,20-/m1/s1. The molecule has 0 unspecified atom stereocenters. The van der Waals surface area contributed by atoms with Crippen LogP contribution in [0.25, 0.3) is 0 Å². The largest absolute Gasteiger partial charge is 0.497 e. The van der Waals surface area contributed by atoms with E-state index in [0.717, 1.165) is 24.4 Å². The number of benzene rings is 1. The molecule has 2 N–H and O–H groups in total. The molecule has 0 aliphatic carbocycles. The molecule has 30 heavy (non-hydrogen) atoms. The first-order valence-electron chi connectivity index (χ1n) is 10.2. The van der Waals surface area contributed by atoms with E-state index in [1.165, 1.54) is 4.88 Å². The smallest absolute Gasteiger partial charge is 0.309 e. The number of ether oxygens (including phenoxy) is 2. The molecular weight excluding hydrogens is 402 g/mol. The third-order valence-electron chi connectivity index (χ3n) is 5.17. The first kappa shape index (κ1) is 22.3. The third kappa shape index (κ3) is 6.04. The number of carbonyl (C=O) groups is 2. The third-order valence-corrected chi connectivity index (χ3v) is 6.11. The molecule has 1 fully saturated rings. The Bertz CT molecular complexity index is 804. The van der Waals surface area contributed by atoms with E-state index in [1.54, 1.807) is 18.4 Å². The number of methoxy groups -OCH3 is 1. The van der Waals surface area contributed by atoms with Crippen LogP contribution in [-0.4, -0.2) is 62.7 Å². The van der Waals surface area contributed by atoms with Crippen molar-refractivity contribution >= 4 is 23.2 Å². The Morgan fingerprint density at radius 2 is 1.90 bits per heavy atom. The van der Waals surface area contributed by atoms with Crippen molar-refractivity contribution in [1.29, 1.82) is 0 Å². The van der Waals surface area contributed by atoms with Crippen LogP contribution in [0, 0.1) is 0 Å². The lowest BCUT2D eigenvalue weighted by Crippen LogP contribution is -2.51. The van der Waals surface area contributed by atoms with Gasteiger partial charge in [-0.2, -0.15) is 0 Å². The van der Waals surface area contributed by atoms with Gasteiger partial charge in [0.05, 0.1) is 26.4 Å². The van der Waals surface area contributed by atoms with Gasteiger partial charge in [0.15, 0.2) is 0 Å². The number of morpholine rings is 1. The number of hydrogen-bond acceptors (Lipinski definition) is 6. The van der Waals surface area contributed by atoms with Gasteiger partial charge in [-0.15, -0.1) is 11.3 Å². The lowest BCUT2D eigenvalue weighted by Gasteiger charge is -2.37. The quantitative estimate of drug-likeness (QED) is 0.625. The van der Waals surface area contributed by atoms with Crippen molar-refractivity contribution in [2.24, 2.45) is 0 Å². The Hall–Kier alpha value is -2.42. The van der Waals surface area contributed by atoms with Crippen LogP contribution in [-0.2, 0) is 20.7 Å². The Kier molecular flexibility index (Phi) is 8.24. The average Bonchev–Trinajstić information content (AvgIpc) is 3.29. The van der Waals surface area contributed by atoms with Crippen molar-refractivity contribution < 1.29 is 19.1 Å². The second-order valence-electron chi connectivity index (χ2n) is 7.22. The molecule has 1 saturated heterocycles. The lowest BCUT2D eigenvalue weighted by molar-refractivity contribution is -0.139. The molecule has 8 heteroatoms. The number of carbonyl (C=O) groups excluding carboxylic acids is 2. The molecule has 2 amide bonds. The van der Waals surface area contributed by atoms with Gasteiger partial charge in [0.25, 0.3) is 0 Å². The molecule has 1 aromatic carbocycles. The van der Waals surface area contributed by atoms with Gasteiger partial charge in [0.1, 0.15) is 5.75 Å². The molecule has 1 aromatic heterocycles. The number of hydrogen-bond donors (Lipinski definition) is 2. The minimum atomic E-state index is -0.609. The van der Waals surface area contributed by atoms with Crippen molar-refractivity contribution in [2.75, 3.05) is 40.0 Å². The van der Waals surface area contributed by atoms with Crippen LogP contribution in [0.5, 0.6) is 5.75 Å². The summed E-state index contributed by atoms with van der Waals surface area (Å²) in [6.07, 6.45) is 0.643. The zero-order valence-corrected chi connectivity index (χ0v) is 18.2. The van der Waals surface area contributed by atoms with Crippen molar-refractivity contribution in [3.8, 4) is 5.75 Å². The van der Waals surface area contributed by atoms with E-state index in [9.17, 15) is 9.59 Å². The van der Waals surface area contributed by atoms with Crippen molar-refractivity contribution in [3.05, 3.63) is 52.2 Å². The van der Waals surface area contributed by atoms with Gasteiger partial charge in [-0.1, -0.05) is 18.2 Å². The molecule has 3 rings (SSSR count). The Balaban J connectivity index is 1.51. The highest BCUT2D eigenvalue weighted by Gasteiger charge is 2.30. The predicted octanol–water partition coefficient (Wildman–Crippen LogP) is 1.99. The summed E-state index contributed by atoms with van der Waals surface area (Å²) < 4.78 is 10.6. The highest BCUT2D eigenvalue weighted by Crippen LogP contribution is 2.29. The van der Waals surface area contributed by atoms with Crippen LogP contribution in [0.15, 0.2) is 41.8 Å². The summed E-state index contributed by atoms with van der Waals surface area (Å²) in [5.74, 6) is -0.425. The molecule has 0 spiro atoms. The van der Waals surface area contributed by atoms with Crippen LogP contribution < -0.4 is 15.4 Å². The van der Waals surface area contributed by atoms with Gasteiger partial charge >= 0.3 is 11.8 Å². The highest BCUT2D eigenvalue weighted by molar-refractivity contribution is 7.10. The summed E-state index contributed by atoms with van der Waals surface area (Å²) in [6, 6.07) is 11.5. The first-order valence-corrected chi connectivity index (χ1v) is 11.0. The molecule has 7 nitrogen and oxygen atoms in total. The van der Waals surface area contributed by atoms with E-state index >= 15 is 0 Å². The summed E-state index contributed by atoms with van der Waals surface area (Å²) in [6.45, 7) is 5.30. The molecule has 2 heterocycles. The summed E-state index contributed by atoms with van der Waals surface area (Å²) in [4.78, 5) is 28.2. The minimum Gasteiger partial charge on any atom is -0.497 e. The van der Waals surface area contributed by atoms with E-state index in [2.05, 4.69) is 21.6 Å². The molecule has 2 atom stereocenters. The van der Waals surface area contributed by atoms with Crippen LogP contribution in [0.2, 0.25) is 0 Å². The van der Waals surface area contributed by atoms with Crippen LogP contribution in [0.3, 0.4) is 0 Å². The summed E-state index contributed by atoms with van der Waals surface area (Å²) >= 11 is 1.66.